The predicted octanol–water partition coefficient (Wildman–Crippen LogP) is 2.94. The number of benzene rings is 1. The molecule has 16 heavy (non-hydrogen) atoms. The van der Waals surface area contributed by atoms with Crippen LogP contribution in [0.4, 0.5) is 0 Å². The Bertz CT molecular complexity index is 451. The standard InChI is InChI=1S/C13H16N2.ClH/c1-2-11(14)9-10-7-8-15-13-6-4-3-5-12(10)13;/h3-8,11H,2,9,14H2,1H3;1H. The van der Waals surface area contributed by atoms with E-state index in [1.165, 1.54) is 10.9 Å². The van der Waals surface area contributed by atoms with E-state index in [0.717, 1.165) is 18.4 Å². The molecule has 0 aliphatic rings. The highest BCUT2D eigenvalue weighted by molar-refractivity contribution is 5.85. The van der Waals surface area contributed by atoms with Crippen molar-refractivity contribution in [3.63, 3.8) is 0 Å². The van der Waals surface area contributed by atoms with Crippen molar-refractivity contribution in [2.24, 2.45) is 5.73 Å². The lowest BCUT2D eigenvalue weighted by Crippen LogP contribution is -2.21. The summed E-state index contributed by atoms with van der Waals surface area (Å²) in [7, 11) is 0. The van der Waals surface area contributed by atoms with Crippen molar-refractivity contribution in [2.75, 3.05) is 0 Å². The molecule has 0 fully saturated rings. The van der Waals surface area contributed by atoms with Gasteiger partial charge in [0.25, 0.3) is 0 Å². The lowest BCUT2D eigenvalue weighted by Gasteiger charge is -2.10. The van der Waals surface area contributed by atoms with Crippen molar-refractivity contribution in [2.45, 2.75) is 25.8 Å². The normalized spacial score (nSPS) is 12.1. The van der Waals surface area contributed by atoms with Crippen LogP contribution < -0.4 is 5.73 Å². The number of aromatic nitrogens is 1. The molecule has 1 unspecified atom stereocenters. The van der Waals surface area contributed by atoms with Gasteiger partial charge in [0, 0.05) is 17.6 Å². The van der Waals surface area contributed by atoms with Crippen LogP contribution in [0, 0.1) is 0 Å². The third-order valence-electron chi connectivity index (χ3n) is 2.75. The second-order valence-corrected chi connectivity index (χ2v) is 3.86. The molecule has 0 aliphatic carbocycles. The van der Waals surface area contributed by atoms with Gasteiger partial charge in [-0.3, -0.25) is 4.98 Å². The van der Waals surface area contributed by atoms with Crippen LogP contribution in [-0.2, 0) is 6.42 Å². The maximum absolute atomic E-state index is 5.98. The average Bonchev–Trinajstić information content (AvgIpc) is 2.29. The Morgan fingerprint density at radius 1 is 1.25 bits per heavy atom. The van der Waals surface area contributed by atoms with E-state index in [1.54, 1.807) is 0 Å². The quantitative estimate of drug-likeness (QED) is 0.890. The molecular weight excluding hydrogens is 220 g/mol. The molecule has 0 saturated carbocycles. The molecule has 1 heterocycles. The van der Waals surface area contributed by atoms with Gasteiger partial charge in [0.05, 0.1) is 5.52 Å². The van der Waals surface area contributed by atoms with Gasteiger partial charge in [-0.15, -0.1) is 12.4 Å². The van der Waals surface area contributed by atoms with Crippen molar-refractivity contribution in [3.05, 3.63) is 42.1 Å². The first-order valence-corrected chi connectivity index (χ1v) is 5.39. The minimum absolute atomic E-state index is 0. The molecule has 86 valence electrons. The summed E-state index contributed by atoms with van der Waals surface area (Å²) >= 11 is 0. The van der Waals surface area contributed by atoms with E-state index in [9.17, 15) is 0 Å². The first-order chi connectivity index (χ1) is 7.31. The van der Waals surface area contributed by atoms with E-state index in [4.69, 9.17) is 5.73 Å². The highest BCUT2D eigenvalue weighted by Gasteiger charge is 2.05. The van der Waals surface area contributed by atoms with Crippen molar-refractivity contribution < 1.29 is 0 Å². The Hall–Kier alpha value is -1.12. The Balaban J connectivity index is 0.00000128. The molecule has 0 radical (unpaired) electrons. The molecule has 2 nitrogen and oxygen atoms in total. The summed E-state index contributed by atoms with van der Waals surface area (Å²) in [5.74, 6) is 0. The van der Waals surface area contributed by atoms with Gasteiger partial charge in [0.15, 0.2) is 0 Å². The number of halogens is 1. The van der Waals surface area contributed by atoms with Crippen LogP contribution >= 0.6 is 12.4 Å². The summed E-state index contributed by atoms with van der Waals surface area (Å²) in [4.78, 5) is 4.33. The lowest BCUT2D eigenvalue weighted by atomic mass is 10.0. The lowest BCUT2D eigenvalue weighted by molar-refractivity contribution is 0.648. The van der Waals surface area contributed by atoms with Crippen molar-refractivity contribution in [1.29, 1.82) is 0 Å². The fourth-order valence-electron chi connectivity index (χ4n) is 1.76. The molecule has 0 bridgehead atoms. The summed E-state index contributed by atoms with van der Waals surface area (Å²) in [6.45, 7) is 2.12. The van der Waals surface area contributed by atoms with E-state index >= 15 is 0 Å². The van der Waals surface area contributed by atoms with Crippen LogP contribution in [0.5, 0.6) is 0 Å². The van der Waals surface area contributed by atoms with Crippen molar-refractivity contribution in [1.82, 2.24) is 4.98 Å². The maximum Gasteiger partial charge on any atom is 0.0704 e. The average molecular weight is 237 g/mol. The zero-order valence-corrected chi connectivity index (χ0v) is 10.2. The van der Waals surface area contributed by atoms with Crippen LogP contribution in [0.1, 0.15) is 18.9 Å². The Labute approximate surface area is 102 Å². The highest BCUT2D eigenvalue weighted by atomic mass is 35.5. The van der Waals surface area contributed by atoms with E-state index in [1.807, 2.05) is 24.4 Å². The van der Waals surface area contributed by atoms with Gasteiger partial charge in [0.2, 0.25) is 0 Å². The first-order valence-electron chi connectivity index (χ1n) is 5.39. The van der Waals surface area contributed by atoms with E-state index in [2.05, 4.69) is 24.0 Å². The summed E-state index contributed by atoms with van der Waals surface area (Å²) in [5, 5.41) is 1.23. The highest BCUT2D eigenvalue weighted by Crippen LogP contribution is 2.17. The zero-order valence-electron chi connectivity index (χ0n) is 9.39. The van der Waals surface area contributed by atoms with Gasteiger partial charge < -0.3 is 5.73 Å². The summed E-state index contributed by atoms with van der Waals surface area (Å²) in [6.07, 6.45) is 3.80. The second kappa shape index (κ2) is 5.83. The molecule has 2 N–H and O–H groups in total. The third-order valence-corrected chi connectivity index (χ3v) is 2.75. The maximum atomic E-state index is 5.98. The Morgan fingerprint density at radius 3 is 2.75 bits per heavy atom. The molecule has 2 aromatic rings. The monoisotopic (exact) mass is 236 g/mol. The van der Waals surface area contributed by atoms with Gasteiger partial charge in [-0.2, -0.15) is 0 Å². The third kappa shape index (κ3) is 2.71. The van der Waals surface area contributed by atoms with Gasteiger partial charge in [-0.1, -0.05) is 25.1 Å². The number of rotatable bonds is 3. The number of fused-ring (bicyclic) bond motifs is 1. The zero-order chi connectivity index (χ0) is 10.7. The summed E-state index contributed by atoms with van der Waals surface area (Å²) in [5.41, 5.74) is 8.33. The van der Waals surface area contributed by atoms with Gasteiger partial charge in [-0.05, 0) is 30.5 Å². The number of hydrogen-bond acceptors (Lipinski definition) is 2. The Morgan fingerprint density at radius 2 is 2.00 bits per heavy atom. The van der Waals surface area contributed by atoms with Crippen LogP contribution in [-0.4, -0.2) is 11.0 Å². The number of nitrogens with zero attached hydrogens (tertiary/aromatic N) is 1. The molecule has 0 amide bonds. The van der Waals surface area contributed by atoms with E-state index < -0.39 is 0 Å². The fourth-order valence-corrected chi connectivity index (χ4v) is 1.76. The molecule has 1 aromatic heterocycles. The summed E-state index contributed by atoms with van der Waals surface area (Å²) in [6, 6.07) is 10.5. The van der Waals surface area contributed by atoms with Gasteiger partial charge in [0.1, 0.15) is 0 Å². The van der Waals surface area contributed by atoms with Gasteiger partial charge in [-0.25, -0.2) is 0 Å². The van der Waals surface area contributed by atoms with Crippen LogP contribution in [0.3, 0.4) is 0 Å². The fraction of sp³-hybridized carbons (Fsp3) is 0.308. The second-order valence-electron chi connectivity index (χ2n) is 3.86. The minimum Gasteiger partial charge on any atom is -0.327 e. The Kier molecular flexibility index (Phi) is 4.71. The number of nitrogens with two attached hydrogens (primary N) is 1. The molecule has 3 heteroatoms. The van der Waals surface area contributed by atoms with Crippen LogP contribution in [0.25, 0.3) is 10.9 Å². The van der Waals surface area contributed by atoms with E-state index in [0.29, 0.717) is 0 Å². The summed E-state index contributed by atoms with van der Waals surface area (Å²) < 4.78 is 0. The van der Waals surface area contributed by atoms with Gasteiger partial charge >= 0.3 is 0 Å². The molecular formula is C13H17ClN2. The van der Waals surface area contributed by atoms with Crippen LogP contribution in [0.2, 0.25) is 0 Å². The largest absolute Gasteiger partial charge is 0.327 e. The number of hydrogen-bond donors (Lipinski definition) is 1. The molecule has 0 saturated heterocycles. The molecule has 1 aromatic carbocycles. The van der Waals surface area contributed by atoms with Crippen LogP contribution in [0.15, 0.2) is 36.5 Å². The topological polar surface area (TPSA) is 38.9 Å². The SMILES string of the molecule is CCC(N)Cc1ccnc2ccccc12.Cl. The molecule has 0 aliphatic heterocycles. The van der Waals surface area contributed by atoms with E-state index in [-0.39, 0.29) is 18.4 Å². The molecule has 2 rings (SSSR count). The molecule has 0 spiro atoms. The number of para-hydroxylation sites is 1. The smallest absolute Gasteiger partial charge is 0.0704 e. The van der Waals surface area contributed by atoms with Crippen molar-refractivity contribution in [3.8, 4) is 0 Å². The minimum atomic E-state index is 0. The number of pyridine rings is 1. The molecule has 1 atom stereocenters. The predicted molar refractivity (Wildman–Crippen MR) is 71.0 cm³/mol. The van der Waals surface area contributed by atoms with Crippen molar-refractivity contribution >= 4 is 23.3 Å². The first kappa shape index (κ1) is 12.9.